The second-order valence-electron chi connectivity index (χ2n) is 2.93. The molecule has 1 unspecified atom stereocenters. The van der Waals surface area contributed by atoms with Crippen molar-refractivity contribution in [1.29, 1.82) is 0 Å². The van der Waals surface area contributed by atoms with Crippen molar-refractivity contribution in [3.8, 4) is 0 Å². The number of hydrogen-bond acceptors (Lipinski definition) is 3. The molecule has 0 heterocycles. The Morgan fingerprint density at radius 1 is 1.43 bits per heavy atom. The van der Waals surface area contributed by atoms with Crippen molar-refractivity contribution in [2.24, 2.45) is 11.6 Å². The Kier molecular flexibility index (Phi) is 4.06. The molecule has 0 radical (unpaired) electrons. The van der Waals surface area contributed by atoms with Gasteiger partial charge in [-0.05, 0) is 17.7 Å². The number of nitrogens with two attached hydrogens (primary N) is 2. The van der Waals surface area contributed by atoms with Gasteiger partial charge in [0.25, 0.3) is 0 Å². The van der Waals surface area contributed by atoms with Crippen molar-refractivity contribution in [3.63, 3.8) is 0 Å². The van der Waals surface area contributed by atoms with Gasteiger partial charge in [0.15, 0.2) is 0 Å². The molecule has 0 spiro atoms. The summed E-state index contributed by atoms with van der Waals surface area (Å²) in [5.41, 5.74) is 8.75. The Balaban J connectivity index is 2.65. The molecule has 0 saturated heterocycles. The Labute approximate surface area is 90.8 Å². The molecule has 1 rings (SSSR count). The molecule has 5 heteroatoms. The first-order chi connectivity index (χ1) is 6.63. The second kappa shape index (κ2) is 5.09. The highest BCUT2D eigenvalue weighted by Crippen LogP contribution is 2.17. The van der Waals surface area contributed by atoms with E-state index < -0.39 is 0 Å². The van der Waals surface area contributed by atoms with Crippen LogP contribution in [0.5, 0.6) is 0 Å². The van der Waals surface area contributed by atoms with Crippen LogP contribution in [0.1, 0.15) is 18.0 Å². The van der Waals surface area contributed by atoms with E-state index in [1.807, 2.05) is 29.7 Å². The Hall–Kier alpha value is -0.910. The normalized spacial score (nSPS) is 12.2. The van der Waals surface area contributed by atoms with Gasteiger partial charge in [0.2, 0.25) is 5.91 Å². The number of halogens is 1. The number of hydrogen-bond donors (Lipinski definition) is 3. The number of nitrogens with one attached hydrogen (secondary N) is 1. The monoisotopic (exact) mass is 257 g/mol. The summed E-state index contributed by atoms with van der Waals surface area (Å²) in [5.74, 6) is 4.70. The van der Waals surface area contributed by atoms with Gasteiger partial charge in [-0.2, -0.15) is 0 Å². The first kappa shape index (κ1) is 11.2. The van der Waals surface area contributed by atoms with E-state index in [1.54, 1.807) is 0 Å². The molecule has 0 bridgehead atoms. The minimum atomic E-state index is -0.313. The highest BCUT2D eigenvalue weighted by atomic mass is 79.9. The van der Waals surface area contributed by atoms with Crippen molar-refractivity contribution in [2.75, 3.05) is 0 Å². The second-order valence-corrected chi connectivity index (χ2v) is 3.85. The third-order valence-electron chi connectivity index (χ3n) is 1.86. The molecular weight excluding hydrogens is 246 g/mol. The third-order valence-corrected chi connectivity index (χ3v) is 2.39. The summed E-state index contributed by atoms with van der Waals surface area (Å²) < 4.78 is 0.983. The maximum Gasteiger partial charge on any atom is 0.235 e. The summed E-state index contributed by atoms with van der Waals surface area (Å²) in [5, 5.41) is 0. The predicted molar refractivity (Wildman–Crippen MR) is 58.0 cm³/mol. The zero-order valence-electron chi connectivity index (χ0n) is 7.53. The third kappa shape index (κ3) is 3.10. The van der Waals surface area contributed by atoms with Gasteiger partial charge in [-0.15, -0.1) is 0 Å². The molecule has 14 heavy (non-hydrogen) atoms. The van der Waals surface area contributed by atoms with Crippen molar-refractivity contribution in [2.45, 2.75) is 12.5 Å². The maximum absolute atomic E-state index is 10.9. The molecule has 5 N–H and O–H groups in total. The topological polar surface area (TPSA) is 81.1 Å². The predicted octanol–water partition coefficient (Wildman–Crippen LogP) is 0.829. The Morgan fingerprint density at radius 2 is 2.00 bits per heavy atom. The van der Waals surface area contributed by atoms with Crippen LogP contribution in [0.15, 0.2) is 28.7 Å². The molecule has 0 aliphatic carbocycles. The van der Waals surface area contributed by atoms with Crippen LogP contribution in [-0.4, -0.2) is 5.91 Å². The lowest BCUT2D eigenvalue weighted by atomic mass is 10.0. The van der Waals surface area contributed by atoms with Gasteiger partial charge in [-0.1, -0.05) is 28.1 Å². The quantitative estimate of drug-likeness (QED) is 0.426. The fourth-order valence-corrected chi connectivity index (χ4v) is 1.35. The molecule has 4 nitrogen and oxygen atoms in total. The molecule has 0 aromatic heterocycles. The number of carbonyl (C=O) groups excluding carboxylic acids is 1. The van der Waals surface area contributed by atoms with Crippen molar-refractivity contribution in [3.05, 3.63) is 34.3 Å². The number of carbonyl (C=O) groups is 1. The average molecular weight is 258 g/mol. The van der Waals surface area contributed by atoms with Crippen LogP contribution in [0, 0.1) is 0 Å². The Morgan fingerprint density at radius 3 is 2.50 bits per heavy atom. The Bertz CT molecular complexity index is 312. The maximum atomic E-state index is 10.9. The molecule has 0 fully saturated rings. The van der Waals surface area contributed by atoms with Crippen LogP contribution in [0.3, 0.4) is 0 Å². The zero-order valence-corrected chi connectivity index (χ0v) is 9.12. The highest BCUT2D eigenvalue weighted by molar-refractivity contribution is 9.10. The van der Waals surface area contributed by atoms with Gasteiger partial charge >= 0.3 is 0 Å². The van der Waals surface area contributed by atoms with E-state index in [0.29, 0.717) is 0 Å². The largest absolute Gasteiger partial charge is 0.324 e. The summed E-state index contributed by atoms with van der Waals surface area (Å²) in [6.45, 7) is 0. The fourth-order valence-electron chi connectivity index (χ4n) is 1.09. The number of amides is 1. The lowest BCUT2D eigenvalue weighted by Gasteiger charge is -2.10. The van der Waals surface area contributed by atoms with Gasteiger partial charge in [0, 0.05) is 16.9 Å². The molecule has 0 aliphatic heterocycles. The van der Waals surface area contributed by atoms with E-state index in [2.05, 4.69) is 15.9 Å². The molecular formula is C9H12BrN3O. The summed E-state index contributed by atoms with van der Waals surface area (Å²) in [7, 11) is 0. The lowest BCUT2D eigenvalue weighted by molar-refractivity contribution is -0.121. The zero-order chi connectivity index (χ0) is 10.6. The van der Waals surface area contributed by atoms with E-state index in [1.165, 1.54) is 0 Å². The summed E-state index contributed by atoms with van der Waals surface area (Å²) in [6, 6.07) is 7.20. The molecule has 1 atom stereocenters. The molecule has 76 valence electrons. The fraction of sp³-hybridized carbons (Fsp3) is 0.222. The van der Waals surface area contributed by atoms with Crippen LogP contribution in [0.2, 0.25) is 0 Å². The van der Waals surface area contributed by atoms with Crippen molar-refractivity contribution < 1.29 is 4.79 Å². The van der Waals surface area contributed by atoms with E-state index in [9.17, 15) is 4.79 Å². The molecule has 1 amide bonds. The van der Waals surface area contributed by atoms with Gasteiger partial charge < -0.3 is 5.73 Å². The van der Waals surface area contributed by atoms with Gasteiger partial charge in [-0.25, -0.2) is 5.84 Å². The number of rotatable bonds is 3. The van der Waals surface area contributed by atoms with E-state index in [0.717, 1.165) is 10.0 Å². The van der Waals surface area contributed by atoms with Gasteiger partial charge in [0.1, 0.15) is 0 Å². The van der Waals surface area contributed by atoms with Crippen molar-refractivity contribution >= 4 is 21.8 Å². The van der Waals surface area contributed by atoms with Crippen LogP contribution in [0.25, 0.3) is 0 Å². The van der Waals surface area contributed by atoms with Crippen LogP contribution >= 0.6 is 15.9 Å². The van der Waals surface area contributed by atoms with Crippen LogP contribution in [-0.2, 0) is 4.79 Å². The highest BCUT2D eigenvalue weighted by Gasteiger charge is 2.09. The van der Waals surface area contributed by atoms with Gasteiger partial charge in [-0.3, -0.25) is 10.2 Å². The first-order valence-electron chi connectivity index (χ1n) is 4.14. The summed E-state index contributed by atoms with van der Waals surface area (Å²) in [4.78, 5) is 10.9. The summed E-state index contributed by atoms with van der Waals surface area (Å²) in [6.07, 6.45) is 0.193. The first-order valence-corrected chi connectivity index (χ1v) is 4.93. The summed E-state index contributed by atoms with van der Waals surface area (Å²) >= 11 is 3.32. The van der Waals surface area contributed by atoms with E-state index >= 15 is 0 Å². The molecule has 0 saturated carbocycles. The molecule has 1 aromatic rings. The van der Waals surface area contributed by atoms with E-state index in [4.69, 9.17) is 11.6 Å². The lowest BCUT2D eigenvalue weighted by Crippen LogP contribution is -2.32. The molecule has 1 aromatic carbocycles. The van der Waals surface area contributed by atoms with Crippen LogP contribution in [0.4, 0.5) is 0 Å². The van der Waals surface area contributed by atoms with Crippen molar-refractivity contribution in [1.82, 2.24) is 5.43 Å². The number of benzene rings is 1. The smallest absolute Gasteiger partial charge is 0.235 e. The molecule has 0 aliphatic rings. The minimum absolute atomic E-state index is 0.193. The standard InChI is InChI=1S/C9H12BrN3O/c10-7-3-1-6(2-4-7)8(11)5-9(14)13-12/h1-4,8H,5,11-12H2,(H,13,14). The minimum Gasteiger partial charge on any atom is -0.324 e. The average Bonchev–Trinajstić information content (AvgIpc) is 2.18. The SMILES string of the molecule is NNC(=O)CC(N)c1ccc(Br)cc1. The van der Waals surface area contributed by atoms with Crippen LogP contribution < -0.4 is 17.0 Å². The number of hydrazine groups is 1. The van der Waals surface area contributed by atoms with Gasteiger partial charge in [0.05, 0.1) is 0 Å². The van der Waals surface area contributed by atoms with E-state index in [-0.39, 0.29) is 18.4 Å².